The number of amides is 2. The molecule has 7 N–H and O–H groups in total. The Labute approximate surface area is 61.2 Å². The van der Waals surface area contributed by atoms with Gasteiger partial charge in [-0.25, -0.2) is 0 Å². The highest BCUT2D eigenvalue weighted by Gasteiger charge is 2.43. The van der Waals surface area contributed by atoms with Crippen molar-refractivity contribution in [1.82, 2.24) is 0 Å². The third-order valence-electron chi connectivity index (χ3n) is 1.01. The van der Waals surface area contributed by atoms with Gasteiger partial charge < -0.3 is 26.8 Å². The Morgan fingerprint density at radius 3 is 1.73 bits per heavy atom. The molecule has 7 heteroatoms. The van der Waals surface area contributed by atoms with Crippen LogP contribution in [0.3, 0.4) is 0 Å². The van der Waals surface area contributed by atoms with E-state index in [-0.39, 0.29) is 0 Å². The molecule has 0 fully saturated rings. The second-order valence-electron chi connectivity index (χ2n) is 1.90. The highest BCUT2D eigenvalue weighted by Crippen LogP contribution is 2.04. The van der Waals surface area contributed by atoms with Gasteiger partial charge in [0.05, 0.1) is 0 Å². The fourth-order valence-corrected chi connectivity index (χ4v) is 0.333. The van der Waals surface area contributed by atoms with Crippen molar-refractivity contribution in [2.75, 3.05) is 0 Å². The van der Waals surface area contributed by atoms with Crippen LogP contribution in [0.5, 0.6) is 0 Å². The Hall–Kier alpha value is -1.18. The third kappa shape index (κ3) is 1.87. The molecule has 0 rings (SSSR count). The number of primary amides is 2. The number of carbonyl (C=O) groups is 2. The molecule has 1 atom stereocenters. The van der Waals surface area contributed by atoms with Crippen LogP contribution in [-0.4, -0.2) is 39.0 Å². The van der Waals surface area contributed by atoms with E-state index in [4.69, 9.17) is 15.3 Å². The van der Waals surface area contributed by atoms with Crippen LogP contribution in [0.4, 0.5) is 0 Å². The number of aliphatic hydroxyl groups excluding tert-OH is 1. The van der Waals surface area contributed by atoms with E-state index in [9.17, 15) is 9.59 Å². The summed E-state index contributed by atoms with van der Waals surface area (Å²) >= 11 is 0. The molecular weight excluding hydrogens is 156 g/mol. The summed E-state index contributed by atoms with van der Waals surface area (Å²) in [5, 5.41) is 25.7. The van der Waals surface area contributed by atoms with E-state index < -0.39 is 23.7 Å². The number of hydrogen-bond acceptors (Lipinski definition) is 5. The number of rotatable bonds is 3. The summed E-state index contributed by atoms with van der Waals surface area (Å²) in [4.78, 5) is 20.2. The number of aliphatic hydroxyl groups is 3. The highest BCUT2D eigenvalue weighted by atomic mass is 16.5. The molecule has 64 valence electrons. The molecule has 0 aromatic rings. The monoisotopic (exact) mass is 164 g/mol. The van der Waals surface area contributed by atoms with Crippen molar-refractivity contribution in [1.29, 1.82) is 0 Å². The quantitative estimate of drug-likeness (QED) is 0.270. The average molecular weight is 164 g/mol. The van der Waals surface area contributed by atoms with E-state index in [1.807, 2.05) is 0 Å². The van der Waals surface area contributed by atoms with Crippen LogP contribution >= 0.6 is 0 Å². The first kappa shape index (κ1) is 9.82. The second-order valence-corrected chi connectivity index (χ2v) is 1.90. The molecule has 0 aliphatic rings. The molecule has 0 spiro atoms. The van der Waals surface area contributed by atoms with E-state index in [0.29, 0.717) is 0 Å². The van der Waals surface area contributed by atoms with E-state index in [0.717, 1.165) is 0 Å². The number of carbonyl (C=O) groups excluding carboxylic acids is 2. The summed E-state index contributed by atoms with van der Waals surface area (Å²) in [5.41, 5.74) is 8.85. The minimum Gasteiger partial charge on any atom is -0.378 e. The molecule has 0 aromatic heterocycles. The molecule has 2 amide bonds. The molecule has 0 aliphatic carbocycles. The predicted octanol–water partition coefficient (Wildman–Crippen LogP) is -4.00. The molecule has 0 saturated heterocycles. The van der Waals surface area contributed by atoms with Crippen molar-refractivity contribution >= 4 is 11.8 Å². The molecule has 1 unspecified atom stereocenters. The van der Waals surface area contributed by atoms with Crippen molar-refractivity contribution in [2.24, 2.45) is 11.5 Å². The fourth-order valence-electron chi connectivity index (χ4n) is 0.333. The molecule has 0 aliphatic heterocycles. The van der Waals surface area contributed by atoms with Gasteiger partial charge in [0, 0.05) is 0 Å². The molecular formula is C4H8N2O5. The SMILES string of the molecule is NC(=O)C(O)C(O)(O)C(N)=O. The fraction of sp³-hybridized carbons (Fsp3) is 0.500. The number of hydrogen-bond donors (Lipinski definition) is 5. The van der Waals surface area contributed by atoms with Gasteiger partial charge in [-0.2, -0.15) is 0 Å². The topological polar surface area (TPSA) is 147 Å². The van der Waals surface area contributed by atoms with Crippen LogP contribution in [0.25, 0.3) is 0 Å². The van der Waals surface area contributed by atoms with E-state index in [2.05, 4.69) is 11.5 Å². The maximum atomic E-state index is 10.1. The zero-order chi connectivity index (χ0) is 9.23. The molecule has 0 saturated carbocycles. The minimum atomic E-state index is -3.30. The van der Waals surface area contributed by atoms with Crippen molar-refractivity contribution in [2.45, 2.75) is 11.9 Å². The Kier molecular flexibility index (Phi) is 2.52. The zero-order valence-corrected chi connectivity index (χ0v) is 5.39. The summed E-state index contributed by atoms with van der Waals surface area (Å²) in [6.07, 6.45) is -2.42. The number of nitrogens with two attached hydrogens (primary N) is 2. The van der Waals surface area contributed by atoms with Gasteiger partial charge in [0.2, 0.25) is 0 Å². The molecule has 0 bridgehead atoms. The predicted molar refractivity (Wildman–Crippen MR) is 31.6 cm³/mol. The molecule has 0 aromatic carbocycles. The van der Waals surface area contributed by atoms with Crippen molar-refractivity contribution in [3.8, 4) is 0 Å². The van der Waals surface area contributed by atoms with Gasteiger partial charge in [0.25, 0.3) is 17.6 Å². The van der Waals surface area contributed by atoms with Gasteiger partial charge in [-0.15, -0.1) is 0 Å². The summed E-state index contributed by atoms with van der Waals surface area (Å²) in [5.74, 6) is -6.40. The van der Waals surface area contributed by atoms with Gasteiger partial charge in [0.1, 0.15) is 0 Å². The van der Waals surface area contributed by atoms with Gasteiger partial charge in [0.15, 0.2) is 6.10 Å². The maximum Gasteiger partial charge on any atom is 0.280 e. The summed E-state index contributed by atoms with van der Waals surface area (Å²) in [7, 11) is 0. The largest absolute Gasteiger partial charge is 0.378 e. The maximum absolute atomic E-state index is 10.1. The Morgan fingerprint density at radius 2 is 1.64 bits per heavy atom. The summed E-state index contributed by atoms with van der Waals surface area (Å²) in [6, 6.07) is 0. The van der Waals surface area contributed by atoms with Crippen LogP contribution in [-0.2, 0) is 9.59 Å². The van der Waals surface area contributed by atoms with Crippen molar-refractivity contribution < 1.29 is 24.9 Å². The average Bonchev–Trinajstić information content (AvgIpc) is 1.85. The first-order valence-electron chi connectivity index (χ1n) is 2.52. The van der Waals surface area contributed by atoms with Crippen molar-refractivity contribution in [3.63, 3.8) is 0 Å². The lowest BCUT2D eigenvalue weighted by molar-refractivity contribution is -0.217. The van der Waals surface area contributed by atoms with E-state index in [1.165, 1.54) is 0 Å². The van der Waals surface area contributed by atoms with Gasteiger partial charge in [-0.05, 0) is 0 Å². The molecule has 7 nitrogen and oxygen atoms in total. The lowest BCUT2D eigenvalue weighted by Crippen LogP contribution is -2.57. The van der Waals surface area contributed by atoms with Crippen molar-refractivity contribution in [3.05, 3.63) is 0 Å². The van der Waals surface area contributed by atoms with Gasteiger partial charge >= 0.3 is 0 Å². The van der Waals surface area contributed by atoms with E-state index in [1.54, 1.807) is 0 Å². The van der Waals surface area contributed by atoms with Crippen LogP contribution in [0, 0.1) is 0 Å². The van der Waals surface area contributed by atoms with Crippen LogP contribution in [0.2, 0.25) is 0 Å². The molecule has 0 heterocycles. The lowest BCUT2D eigenvalue weighted by Gasteiger charge is -2.20. The summed E-state index contributed by atoms with van der Waals surface area (Å²) in [6.45, 7) is 0. The van der Waals surface area contributed by atoms with E-state index >= 15 is 0 Å². The smallest absolute Gasteiger partial charge is 0.280 e. The second kappa shape index (κ2) is 2.82. The Balaban J connectivity index is 4.55. The Bertz CT molecular complexity index is 189. The normalized spacial score (nSPS) is 14.1. The summed E-state index contributed by atoms with van der Waals surface area (Å²) < 4.78 is 0. The molecule has 0 radical (unpaired) electrons. The highest BCUT2D eigenvalue weighted by molar-refractivity contribution is 5.90. The van der Waals surface area contributed by atoms with Gasteiger partial charge in [-0.3, -0.25) is 9.59 Å². The van der Waals surface area contributed by atoms with Crippen LogP contribution in [0.1, 0.15) is 0 Å². The molecule has 11 heavy (non-hydrogen) atoms. The van der Waals surface area contributed by atoms with Gasteiger partial charge in [-0.1, -0.05) is 0 Å². The standard InChI is InChI=1S/C4H8N2O5/c5-2(8)1(7)4(10,11)3(6)9/h1,7,10-11H,(H2,5,8)(H2,6,9). The third-order valence-corrected chi connectivity index (χ3v) is 1.01. The first-order valence-corrected chi connectivity index (χ1v) is 2.52. The van der Waals surface area contributed by atoms with Crippen LogP contribution in [0.15, 0.2) is 0 Å². The first-order chi connectivity index (χ1) is 4.80. The van der Waals surface area contributed by atoms with Crippen LogP contribution < -0.4 is 11.5 Å². The zero-order valence-electron chi connectivity index (χ0n) is 5.39. The lowest BCUT2D eigenvalue weighted by atomic mass is 10.1. The Morgan fingerprint density at radius 1 is 1.27 bits per heavy atom. The minimum absolute atomic E-state index is 1.45.